The third-order valence-electron chi connectivity index (χ3n) is 5.99. The number of allylic oxidation sites excluding steroid dienone is 1. The summed E-state index contributed by atoms with van der Waals surface area (Å²) in [6.07, 6.45) is -15.1. The quantitative estimate of drug-likeness (QED) is 0.183. The second-order valence-corrected chi connectivity index (χ2v) is 8.19. The van der Waals surface area contributed by atoms with Crippen LogP contribution in [0.15, 0.2) is 30.3 Å². The minimum absolute atomic E-state index is 0.0415. The summed E-state index contributed by atoms with van der Waals surface area (Å²) in [5.41, 5.74) is -2.25. The van der Waals surface area contributed by atoms with Crippen molar-refractivity contribution < 1.29 is 60.2 Å². The number of carbonyl (C=O) groups excluding carboxylic acids is 1. The van der Waals surface area contributed by atoms with Crippen molar-refractivity contribution in [3.63, 3.8) is 0 Å². The minimum Gasteiger partial charge on any atom is -0.508 e. The van der Waals surface area contributed by atoms with E-state index in [-0.39, 0.29) is 5.75 Å². The van der Waals surface area contributed by atoms with Gasteiger partial charge >= 0.3 is 0 Å². The van der Waals surface area contributed by atoms with Gasteiger partial charge in [0.15, 0.2) is 17.7 Å². The number of aliphatic hydroxyl groups is 8. The highest BCUT2D eigenvalue weighted by Gasteiger charge is 2.64. The highest BCUT2D eigenvalue weighted by molar-refractivity contribution is 5.93. The van der Waals surface area contributed by atoms with E-state index in [9.17, 15) is 50.8 Å². The fourth-order valence-corrected chi connectivity index (χ4v) is 4.05. The van der Waals surface area contributed by atoms with Crippen molar-refractivity contribution in [3.05, 3.63) is 35.9 Å². The van der Waals surface area contributed by atoms with Crippen LogP contribution in [0.2, 0.25) is 0 Å². The lowest BCUT2D eigenvalue weighted by molar-refractivity contribution is -0.366. The molecule has 2 aliphatic rings. The first kappa shape index (κ1) is 25.6. The van der Waals surface area contributed by atoms with Crippen molar-refractivity contribution in [2.24, 2.45) is 0 Å². The number of aliphatic hydroxyl groups excluding tert-OH is 7. The number of hydrogen-bond donors (Lipinski definition) is 9. The average molecular weight is 472 g/mol. The van der Waals surface area contributed by atoms with Crippen LogP contribution in [0.4, 0.5) is 0 Å². The van der Waals surface area contributed by atoms with Crippen molar-refractivity contribution in [3.8, 4) is 5.75 Å². The maximum Gasteiger partial charge on any atom is 0.184 e. The first-order valence-corrected chi connectivity index (χ1v) is 10.2. The molecule has 12 nitrogen and oxygen atoms in total. The van der Waals surface area contributed by atoms with Crippen LogP contribution in [0.3, 0.4) is 0 Å². The normalized spacial score (nSPS) is 41.9. The summed E-state index contributed by atoms with van der Waals surface area (Å²) in [5.74, 6) is -0.525. The molecule has 33 heavy (non-hydrogen) atoms. The van der Waals surface area contributed by atoms with Gasteiger partial charge in [0.2, 0.25) is 0 Å². The molecule has 2 saturated heterocycles. The Bertz CT molecular complexity index is 844. The predicted octanol–water partition coefficient (Wildman–Crippen LogP) is -3.62. The number of aromatic hydroxyl groups is 1. The average Bonchev–Trinajstić information content (AvgIpc) is 2.80. The molecule has 12 heteroatoms. The molecule has 0 aromatic heterocycles. The summed E-state index contributed by atoms with van der Waals surface area (Å²) in [7, 11) is 0. The second kappa shape index (κ2) is 10.1. The van der Waals surface area contributed by atoms with Gasteiger partial charge in [0, 0.05) is 6.42 Å². The largest absolute Gasteiger partial charge is 0.508 e. The Morgan fingerprint density at radius 2 is 1.55 bits per heavy atom. The fourth-order valence-electron chi connectivity index (χ4n) is 4.05. The van der Waals surface area contributed by atoms with Crippen LogP contribution < -0.4 is 0 Å². The van der Waals surface area contributed by atoms with Gasteiger partial charge < -0.3 is 55.4 Å². The molecule has 9 N–H and O–H groups in total. The zero-order chi connectivity index (χ0) is 24.5. The number of phenolic OH excluding ortho intramolecular Hbond substituents is 1. The van der Waals surface area contributed by atoms with Crippen LogP contribution in [0.25, 0.3) is 6.08 Å². The molecule has 184 valence electrons. The number of ether oxygens (including phenoxy) is 2. The number of benzene rings is 1. The molecule has 2 heterocycles. The van der Waals surface area contributed by atoms with E-state index in [2.05, 4.69) is 0 Å². The lowest BCUT2D eigenvalue weighted by atomic mass is 9.74. The Hall–Kier alpha value is -1.97. The van der Waals surface area contributed by atoms with Gasteiger partial charge in [-0.05, 0) is 23.8 Å². The summed E-state index contributed by atoms with van der Waals surface area (Å²) in [6, 6.07) is 5.93. The molecular weight excluding hydrogens is 444 g/mol. The van der Waals surface area contributed by atoms with E-state index in [1.807, 2.05) is 0 Å². The smallest absolute Gasteiger partial charge is 0.184 e. The third-order valence-corrected chi connectivity index (χ3v) is 5.99. The molecular formula is C21H28O12. The van der Waals surface area contributed by atoms with Crippen molar-refractivity contribution in [1.82, 2.24) is 0 Å². The predicted molar refractivity (Wildman–Crippen MR) is 108 cm³/mol. The number of rotatable bonds is 6. The highest BCUT2D eigenvalue weighted by atomic mass is 16.6. The van der Waals surface area contributed by atoms with E-state index in [1.165, 1.54) is 18.2 Å². The van der Waals surface area contributed by atoms with Gasteiger partial charge in [0.05, 0.1) is 12.7 Å². The molecule has 2 fully saturated rings. The van der Waals surface area contributed by atoms with Crippen LogP contribution >= 0.6 is 0 Å². The van der Waals surface area contributed by atoms with Gasteiger partial charge in [0.25, 0.3) is 0 Å². The van der Waals surface area contributed by atoms with Gasteiger partial charge in [-0.2, -0.15) is 0 Å². The molecule has 0 bridgehead atoms. The molecule has 0 radical (unpaired) electrons. The lowest BCUT2D eigenvalue weighted by Gasteiger charge is -2.53. The number of carbonyl (C=O) groups is 1. The van der Waals surface area contributed by atoms with Crippen molar-refractivity contribution in [1.29, 1.82) is 0 Å². The van der Waals surface area contributed by atoms with E-state index >= 15 is 0 Å². The summed E-state index contributed by atoms with van der Waals surface area (Å²) in [6.45, 7) is -0.870. The Balaban J connectivity index is 1.80. The second-order valence-electron chi connectivity index (χ2n) is 8.19. The molecule has 1 aromatic carbocycles. The Morgan fingerprint density at radius 3 is 2.15 bits per heavy atom. The van der Waals surface area contributed by atoms with Crippen LogP contribution in [0, 0.1) is 0 Å². The molecule has 0 spiro atoms. The minimum atomic E-state index is -2.84. The summed E-state index contributed by atoms with van der Waals surface area (Å²) in [4.78, 5) is 12.4. The van der Waals surface area contributed by atoms with Gasteiger partial charge in [0.1, 0.15) is 48.5 Å². The Morgan fingerprint density at radius 1 is 0.909 bits per heavy atom. The van der Waals surface area contributed by atoms with E-state index in [0.29, 0.717) is 5.56 Å². The summed E-state index contributed by atoms with van der Waals surface area (Å²) in [5, 5.41) is 91.3. The molecule has 2 unspecified atom stereocenters. The zero-order valence-corrected chi connectivity index (χ0v) is 17.3. The van der Waals surface area contributed by atoms with Crippen LogP contribution in [-0.2, 0) is 14.3 Å². The van der Waals surface area contributed by atoms with E-state index in [0.717, 1.165) is 6.08 Å². The number of hydrogen-bond acceptors (Lipinski definition) is 12. The molecule has 0 aliphatic carbocycles. The Kier molecular flexibility index (Phi) is 7.86. The highest BCUT2D eigenvalue weighted by Crippen LogP contribution is 2.39. The maximum atomic E-state index is 12.4. The molecule has 0 amide bonds. The van der Waals surface area contributed by atoms with Gasteiger partial charge in [-0.3, -0.25) is 4.79 Å². The van der Waals surface area contributed by atoms with Crippen LogP contribution in [0.1, 0.15) is 12.0 Å². The van der Waals surface area contributed by atoms with E-state index < -0.39 is 79.5 Å². The number of phenols is 1. The van der Waals surface area contributed by atoms with E-state index in [4.69, 9.17) is 9.47 Å². The summed E-state index contributed by atoms with van der Waals surface area (Å²) < 4.78 is 10.3. The molecule has 2 aliphatic heterocycles. The standard InChI is InChI=1S/C21H28O12/c22-8-13-17(28)21(31,18(29)20(30)33-13)19-16(27)15(26)14(25)12(32-19)7-11(24)6-3-9-1-4-10(23)5-2-9/h1-6,12-20,22-23,25-31H,7-8H2/t12-,13-,14-,15+,16+,17-,18+,19?,20?,21+/m1/s1. The number of ketones is 1. The maximum absolute atomic E-state index is 12.4. The third kappa shape index (κ3) is 4.95. The van der Waals surface area contributed by atoms with Crippen molar-refractivity contribution in [2.45, 2.75) is 67.1 Å². The first-order chi connectivity index (χ1) is 15.5. The van der Waals surface area contributed by atoms with Crippen LogP contribution in [-0.4, -0.2) is 119 Å². The van der Waals surface area contributed by atoms with Gasteiger partial charge in [-0.15, -0.1) is 0 Å². The van der Waals surface area contributed by atoms with Crippen LogP contribution in [0.5, 0.6) is 5.75 Å². The molecule has 3 rings (SSSR count). The first-order valence-electron chi connectivity index (χ1n) is 10.2. The van der Waals surface area contributed by atoms with Gasteiger partial charge in [-0.1, -0.05) is 18.2 Å². The lowest BCUT2D eigenvalue weighted by Crippen LogP contribution is -2.77. The fraction of sp³-hybridized carbons (Fsp3) is 0.571. The Labute approximate surface area is 188 Å². The molecule has 0 saturated carbocycles. The SMILES string of the molecule is O=C(C=Cc1ccc(O)cc1)C[C@H]1OC([C@]2(O)[C@H](O)[C@@H](CO)OC(O)[C@@H]2O)[C@@H](O)[C@@H](O)[C@@H]1O. The van der Waals surface area contributed by atoms with E-state index in [1.54, 1.807) is 12.1 Å². The monoisotopic (exact) mass is 472 g/mol. The van der Waals surface area contributed by atoms with Crippen molar-refractivity contribution in [2.75, 3.05) is 6.61 Å². The molecule has 1 aromatic rings. The summed E-state index contributed by atoms with van der Waals surface area (Å²) >= 11 is 0. The topological polar surface area (TPSA) is 218 Å². The van der Waals surface area contributed by atoms with Gasteiger partial charge in [-0.25, -0.2) is 0 Å². The molecule has 10 atom stereocenters. The van der Waals surface area contributed by atoms with Crippen molar-refractivity contribution >= 4 is 11.9 Å². The zero-order valence-electron chi connectivity index (χ0n) is 17.3.